The molecular weight excluding hydrogens is 454 g/mol. The highest BCUT2D eigenvalue weighted by molar-refractivity contribution is 7.94. The first-order chi connectivity index (χ1) is 15.2. The van der Waals surface area contributed by atoms with Gasteiger partial charge < -0.3 is 14.8 Å². The first kappa shape index (κ1) is 23.7. The molecule has 2 unspecified atom stereocenters. The lowest BCUT2D eigenvalue weighted by atomic mass is 10.0. The van der Waals surface area contributed by atoms with Crippen molar-refractivity contribution in [2.24, 2.45) is 5.92 Å². The third-order valence-corrected chi connectivity index (χ3v) is 7.06. The lowest BCUT2D eigenvalue weighted by molar-refractivity contribution is -0.153. The highest BCUT2D eigenvalue weighted by Gasteiger charge is 2.28. The van der Waals surface area contributed by atoms with Gasteiger partial charge in [-0.25, -0.2) is 13.2 Å². The fourth-order valence-electron chi connectivity index (χ4n) is 3.18. The molecular formula is C22H23NO7S2. The molecule has 2 heterocycles. The summed E-state index contributed by atoms with van der Waals surface area (Å²) in [5.41, 5.74) is 1.66. The van der Waals surface area contributed by atoms with E-state index in [-0.39, 0.29) is 24.3 Å². The first-order valence-corrected chi connectivity index (χ1v) is 12.5. The van der Waals surface area contributed by atoms with E-state index in [0.717, 1.165) is 11.0 Å². The Labute approximate surface area is 190 Å². The zero-order valence-electron chi connectivity index (χ0n) is 17.6. The highest BCUT2D eigenvalue weighted by Crippen LogP contribution is 2.36. The van der Waals surface area contributed by atoms with Crippen molar-refractivity contribution in [1.29, 1.82) is 0 Å². The predicted molar refractivity (Wildman–Crippen MR) is 121 cm³/mol. The summed E-state index contributed by atoms with van der Waals surface area (Å²) >= 11 is 1.17. The summed E-state index contributed by atoms with van der Waals surface area (Å²) in [5, 5.41) is 5.77. The SMILES string of the molecule is CCOC(=O)c1c(-c2ccccc2)csc1NC(=O)C(C)OC(=O)CC1C=CS(=O)(=O)C1. The Morgan fingerprint density at radius 3 is 2.56 bits per heavy atom. The molecule has 2 atom stereocenters. The minimum absolute atomic E-state index is 0.140. The number of thiophene rings is 1. The molecule has 3 rings (SSSR count). The number of esters is 2. The van der Waals surface area contributed by atoms with Gasteiger partial charge in [-0.1, -0.05) is 36.4 Å². The molecule has 0 spiro atoms. The minimum atomic E-state index is -3.27. The van der Waals surface area contributed by atoms with Gasteiger partial charge in [0.15, 0.2) is 15.9 Å². The number of rotatable bonds is 8. The summed E-state index contributed by atoms with van der Waals surface area (Å²) in [6.45, 7) is 3.27. The van der Waals surface area contributed by atoms with Crippen LogP contribution in [0.4, 0.5) is 5.00 Å². The van der Waals surface area contributed by atoms with E-state index in [4.69, 9.17) is 9.47 Å². The number of carbonyl (C=O) groups is 3. The molecule has 0 bridgehead atoms. The van der Waals surface area contributed by atoms with Crippen LogP contribution in [0.15, 0.2) is 47.2 Å². The summed E-state index contributed by atoms with van der Waals surface area (Å²) < 4.78 is 33.2. The molecule has 0 saturated carbocycles. The van der Waals surface area contributed by atoms with Crippen molar-refractivity contribution in [3.8, 4) is 11.1 Å². The number of ether oxygens (including phenoxy) is 2. The standard InChI is InChI=1S/C22H23NO7S2/c1-3-29-22(26)19-17(16-7-5-4-6-8-16)12-31-21(19)23-20(25)14(2)30-18(24)11-15-9-10-32(27,28)13-15/h4-10,12,14-15H,3,11,13H2,1-2H3,(H,23,25). The average molecular weight is 478 g/mol. The smallest absolute Gasteiger partial charge is 0.341 e. The molecule has 32 heavy (non-hydrogen) atoms. The van der Waals surface area contributed by atoms with E-state index in [1.54, 1.807) is 12.3 Å². The van der Waals surface area contributed by atoms with Gasteiger partial charge in [-0.2, -0.15) is 0 Å². The second-order valence-electron chi connectivity index (χ2n) is 7.18. The van der Waals surface area contributed by atoms with Crippen LogP contribution in [0.3, 0.4) is 0 Å². The van der Waals surface area contributed by atoms with Crippen LogP contribution in [-0.4, -0.2) is 44.7 Å². The van der Waals surface area contributed by atoms with E-state index in [1.165, 1.54) is 24.3 Å². The second-order valence-corrected chi connectivity index (χ2v) is 9.99. The minimum Gasteiger partial charge on any atom is -0.462 e. The number of carbonyl (C=O) groups excluding carboxylic acids is 3. The Hall–Kier alpha value is -2.98. The number of anilines is 1. The van der Waals surface area contributed by atoms with Crippen LogP contribution in [0.2, 0.25) is 0 Å². The number of amides is 1. The average Bonchev–Trinajstić information content (AvgIpc) is 3.31. The number of sulfone groups is 1. The number of nitrogens with one attached hydrogen (secondary N) is 1. The van der Waals surface area contributed by atoms with Crippen LogP contribution in [0.5, 0.6) is 0 Å². The Morgan fingerprint density at radius 2 is 1.94 bits per heavy atom. The van der Waals surface area contributed by atoms with Crippen molar-refractivity contribution in [1.82, 2.24) is 0 Å². The molecule has 0 radical (unpaired) electrons. The third-order valence-electron chi connectivity index (χ3n) is 4.70. The number of hydrogen-bond acceptors (Lipinski definition) is 8. The molecule has 1 amide bonds. The molecule has 1 aliphatic heterocycles. The zero-order chi connectivity index (χ0) is 23.3. The maximum atomic E-state index is 12.6. The van der Waals surface area contributed by atoms with Gasteiger partial charge in [-0.3, -0.25) is 9.59 Å². The van der Waals surface area contributed by atoms with Gasteiger partial charge in [-0.05, 0) is 19.4 Å². The topological polar surface area (TPSA) is 116 Å². The number of benzene rings is 1. The monoisotopic (exact) mass is 477 g/mol. The van der Waals surface area contributed by atoms with Crippen LogP contribution in [0.25, 0.3) is 11.1 Å². The summed E-state index contributed by atoms with van der Waals surface area (Å²) in [4.78, 5) is 37.3. The Morgan fingerprint density at radius 1 is 1.22 bits per heavy atom. The normalized spacial score (nSPS) is 17.5. The summed E-state index contributed by atoms with van der Waals surface area (Å²) in [6, 6.07) is 9.23. The zero-order valence-corrected chi connectivity index (χ0v) is 19.2. The van der Waals surface area contributed by atoms with E-state index in [2.05, 4.69) is 5.32 Å². The fraction of sp³-hybridized carbons (Fsp3) is 0.318. The summed E-state index contributed by atoms with van der Waals surface area (Å²) in [5.74, 6) is -2.48. The van der Waals surface area contributed by atoms with Gasteiger partial charge in [0.2, 0.25) is 0 Å². The first-order valence-electron chi connectivity index (χ1n) is 9.95. The largest absolute Gasteiger partial charge is 0.462 e. The molecule has 8 nitrogen and oxygen atoms in total. The van der Waals surface area contributed by atoms with Gasteiger partial charge >= 0.3 is 11.9 Å². The number of hydrogen-bond donors (Lipinski definition) is 1. The van der Waals surface area contributed by atoms with Gasteiger partial charge in [0, 0.05) is 22.3 Å². The van der Waals surface area contributed by atoms with Gasteiger partial charge in [0.1, 0.15) is 10.6 Å². The van der Waals surface area contributed by atoms with Crippen LogP contribution >= 0.6 is 11.3 Å². The molecule has 170 valence electrons. The Bertz CT molecular complexity index is 1140. The van der Waals surface area contributed by atoms with Crippen molar-refractivity contribution in [2.45, 2.75) is 26.4 Å². The van der Waals surface area contributed by atoms with Crippen molar-refractivity contribution in [3.63, 3.8) is 0 Å². The Balaban J connectivity index is 1.70. The number of allylic oxidation sites excluding steroid dienone is 1. The van der Waals surface area contributed by atoms with Crippen molar-refractivity contribution < 1.29 is 32.3 Å². The molecule has 1 aromatic carbocycles. The van der Waals surface area contributed by atoms with E-state index >= 15 is 0 Å². The van der Waals surface area contributed by atoms with E-state index in [1.807, 2.05) is 30.3 Å². The molecule has 1 aliphatic rings. The fourth-order valence-corrected chi connectivity index (χ4v) is 5.54. The molecule has 1 N–H and O–H groups in total. The highest BCUT2D eigenvalue weighted by atomic mass is 32.2. The van der Waals surface area contributed by atoms with Crippen LogP contribution in [0.1, 0.15) is 30.6 Å². The molecule has 0 aliphatic carbocycles. The van der Waals surface area contributed by atoms with Crippen LogP contribution < -0.4 is 5.32 Å². The molecule has 10 heteroatoms. The molecule has 1 aromatic heterocycles. The van der Waals surface area contributed by atoms with Crippen molar-refractivity contribution in [2.75, 3.05) is 17.7 Å². The Kier molecular flexibility index (Phi) is 7.47. The predicted octanol–water partition coefficient (Wildman–Crippen LogP) is 3.41. The molecule has 0 saturated heterocycles. The lowest BCUT2D eigenvalue weighted by Crippen LogP contribution is -2.31. The summed E-state index contributed by atoms with van der Waals surface area (Å²) in [7, 11) is -3.27. The van der Waals surface area contributed by atoms with E-state index < -0.39 is 39.7 Å². The lowest BCUT2D eigenvalue weighted by Gasteiger charge is -2.15. The molecule has 2 aromatic rings. The van der Waals surface area contributed by atoms with Gasteiger partial charge in [0.25, 0.3) is 5.91 Å². The van der Waals surface area contributed by atoms with Crippen molar-refractivity contribution in [3.05, 3.63) is 52.8 Å². The van der Waals surface area contributed by atoms with Crippen LogP contribution in [0, 0.1) is 5.92 Å². The third kappa shape index (κ3) is 5.83. The van der Waals surface area contributed by atoms with E-state index in [9.17, 15) is 22.8 Å². The van der Waals surface area contributed by atoms with Crippen molar-refractivity contribution >= 4 is 44.0 Å². The molecule has 0 fully saturated rings. The van der Waals surface area contributed by atoms with Gasteiger partial charge in [-0.15, -0.1) is 11.3 Å². The van der Waals surface area contributed by atoms with Gasteiger partial charge in [0.05, 0.1) is 18.8 Å². The maximum absolute atomic E-state index is 12.6. The van der Waals surface area contributed by atoms with E-state index in [0.29, 0.717) is 10.6 Å². The summed E-state index contributed by atoms with van der Waals surface area (Å²) in [6.07, 6.45) is 0.171. The second kappa shape index (κ2) is 10.1. The van der Waals surface area contributed by atoms with Crippen LogP contribution in [-0.2, 0) is 28.9 Å². The quantitative estimate of drug-likeness (QED) is 0.579. The maximum Gasteiger partial charge on any atom is 0.341 e.